The van der Waals surface area contributed by atoms with Crippen LogP contribution >= 0.6 is 0 Å². The molecule has 2 rings (SSSR count). The van der Waals surface area contributed by atoms with E-state index in [1.165, 1.54) is 0 Å². The molecule has 0 bridgehead atoms. The number of nitrogens with one attached hydrogen (secondary N) is 1. The Hall–Kier alpha value is -2.24. The molecule has 1 aromatic carbocycles. The zero-order chi connectivity index (χ0) is 15.3. The van der Waals surface area contributed by atoms with Gasteiger partial charge >= 0.3 is 5.97 Å². The van der Waals surface area contributed by atoms with Crippen molar-refractivity contribution in [3.8, 4) is 11.5 Å². The molecule has 0 unspecified atom stereocenters. The SMILES string of the molecule is COc1ccc(OCCC(=O)NC2(C(=O)O)CCC2)cc1. The number of carbonyl (C=O) groups is 2. The predicted molar refractivity (Wildman–Crippen MR) is 75.5 cm³/mol. The number of carboxylic acid groups (broad SMARTS) is 1. The van der Waals surface area contributed by atoms with Crippen molar-refractivity contribution < 1.29 is 24.2 Å². The molecule has 114 valence electrons. The standard InChI is InChI=1S/C15H19NO5/c1-20-11-3-5-12(6-4-11)21-10-7-13(17)16-15(14(18)19)8-2-9-15/h3-6H,2,7-10H2,1H3,(H,16,17)(H,18,19). The Morgan fingerprint density at radius 1 is 1.24 bits per heavy atom. The highest BCUT2D eigenvalue weighted by atomic mass is 16.5. The minimum Gasteiger partial charge on any atom is -0.497 e. The number of rotatable bonds is 7. The van der Waals surface area contributed by atoms with Gasteiger partial charge in [0.05, 0.1) is 20.1 Å². The molecular weight excluding hydrogens is 274 g/mol. The van der Waals surface area contributed by atoms with E-state index >= 15 is 0 Å². The van der Waals surface area contributed by atoms with Crippen molar-refractivity contribution in [1.82, 2.24) is 5.32 Å². The second-order valence-electron chi connectivity index (χ2n) is 5.06. The van der Waals surface area contributed by atoms with Gasteiger partial charge in [-0.25, -0.2) is 4.79 Å². The lowest BCUT2D eigenvalue weighted by atomic mass is 9.76. The highest BCUT2D eigenvalue weighted by Gasteiger charge is 2.45. The molecule has 1 saturated carbocycles. The summed E-state index contributed by atoms with van der Waals surface area (Å²) in [5.41, 5.74) is -1.06. The zero-order valence-electron chi connectivity index (χ0n) is 11.9. The van der Waals surface area contributed by atoms with Crippen molar-refractivity contribution in [3.63, 3.8) is 0 Å². The van der Waals surface area contributed by atoms with Crippen LogP contribution in [0, 0.1) is 0 Å². The van der Waals surface area contributed by atoms with Crippen molar-refractivity contribution in [2.75, 3.05) is 13.7 Å². The van der Waals surface area contributed by atoms with E-state index in [0.717, 1.165) is 12.2 Å². The van der Waals surface area contributed by atoms with Crippen LogP contribution in [0.1, 0.15) is 25.7 Å². The first kappa shape index (κ1) is 15.2. The molecule has 6 nitrogen and oxygen atoms in total. The van der Waals surface area contributed by atoms with E-state index < -0.39 is 11.5 Å². The van der Waals surface area contributed by atoms with Crippen LogP contribution in [-0.4, -0.2) is 36.2 Å². The van der Waals surface area contributed by atoms with E-state index in [0.29, 0.717) is 18.6 Å². The van der Waals surface area contributed by atoms with Crippen molar-refractivity contribution >= 4 is 11.9 Å². The largest absolute Gasteiger partial charge is 0.497 e. The molecule has 1 fully saturated rings. The van der Waals surface area contributed by atoms with Crippen molar-refractivity contribution in [2.24, 2.45) is 0 Å². The average molecular weight is 293 g/mol. The fourth-order valence-electron chi connectivity index (χ4n) is 2.19. The monoisotopic (exact) mass is 293 g/mol. The molecule has 0 aliphatic heterocycles. The molecule has 0 aromatic heterocycles. The Balaban J connectivity index is 1.75. The summed E-state index contributed by atoms with van der Waals surface area (Å²) in [5.74, 6) is 0.109. The molecule has 1 aliphatic carbocycles. The van der Waals surface area contributed by atoms with E-state index in [2.05, 4.69) is 5.32 Å². The van der Waals surface area contributed by atoms with Gasteiger partial charge in [-0.05, 0) is 43.5 Å². The summed E-state index contributed by atoms with van der Waals surface area (Å²) in [6.45, 7) is 0.202. The number of hydrogen-bond acceptors (Lipinski definition) is 4. The van der Waals surface area contributed by atoms with Crippen LogP contribution in [0.15, 0.2) is 24.3 Å². The number of hydrogen-bond donors (Lipinski definition) is 2. The molecule has 21 heavy (non-hydrogen) atoms. The Kier molecular flexibility index (Phi) is 4.67. The molecule has 0 radical (unpaired) electrons. The van der Waals surface area contributed by atoms with E-state index in [9.17, 15) is 9.59 Å². The molecule has 0 heterocycles. The lowest BCUT2D eigenvalue weighted by Crippen LogP contribution is -2.59. The second kappa shape index (κ2) is 6.47. The lowest BCUT2D eigenvalue weighted by molar-refractivity contribution is -0.151. The molecule has 0 atom stereocenters. The zero-order valence-corrected chi connectivity index (χ0v) is 11.9. The van der Waals surface area contributed by atoms with Crippen LogP contribution in [-0.2, 0) is 9.59 Å². The first-order valence-corrected chi connectivity index (χ1v) is 6.87. The molecule has 2 N–H and O–H groups in total. The van der Waals surface area contributed by atoms with Crippen LogP contribution in [0.2, 0.25) is 0 Å². The van der Waals surface area contributed by atoms with Crippen molar-refractivity contribution in [1.29, 1.82) is 0 Å². The third-order valence-electron chi connectivity index (χ3n) is 3.65. The number of carboxylic acids is 1. The fraction of sp³-hybridized carbons (Fsp3) is 0.467. The number of carbonyl (C=O) groups excluding carboxylic acids is 1. The van der Waals surface area contributed by atoms with Gasteiger partial charge in [-0.1, -0.05) is 0 Å². The summed E-state index contributed by atoms with van der Waals surface area (Å²) in [6.07, 6.45) is 1.94. The van der Waals surface area contributed by atoms with Crippen molar-refractivity contribution in [2.45, 2.75) is 31.2 Å². The highest BCUT2D eigenvalue weighted by molar-refractivity contribution is 5.87. The van der Waals surface area contributed by atoms with Gasteiger partial charge < -0.3 is 19.9 Å². The first-order chi connectivity index (χ1) is 10.1. The molecule has 0 saturated heterocycles. The minimum absolute atomic E-state index is 0.126. The van der Waals surface area contributed by atoms with Gasteiger partial charge in [-0.15, -0.1) is 0 Å². The van der Waals surface area contributed by atoms with Gasteiger partial charge in [-0.3, -0.25) is 4.79 Å². The Morgan fingerprint density at radius 2 is 1.86 bits per heavy atom. The summed E-state index contributed by atoms with van der Waals surface area (Å²) in [7, 11) is 1.58. The quantitative estimate of drug-likeness (QED) is 0.797. The van der Waals surface area contributed by atoms with E-state index in [1.807, 2.05) is 0 Å². The Labute approximate surface area is 123 Å². The maximum atomic E-state index is 11.8. The molecule has 1 amide bonds. The maximum Gasteiger partial charge on any atom is 0.329 e. The van der Waals surface area contributed by atoms with Gasteiger partial charge in [0.2, 0.25) is 5.91 Å². The number of benzene rings is 1. The van der Waals surface area contributed by atoms with Gasteiger partial charge in [-0.2, -0.15) is 0 Å². The predicted octanol–water partition coefficient (Wildman–Crippen LogP) is 1.59. The maximum absolute atomic E-state index is 11.8. The molecule has 6 heteroatoms. The van der Waals surface area contributed by atoms with Crippen LogP contribution in [0.3, 0.4) is 0 Å². The third kappa shape index (κ3) is 3.65. The summed E-state index contributed by atoms with van der Waals surface area (Å²) in [4.78, 5) is 22.9. The summed E-state index contributed by atoms with van der Waals surface area (Å²) >= 11 is 0. The van der Waals surface area contributed by atoms with E-state index in [1.54, 1.807) is 31.4 Å². The molecule has 1 aliphatic rings. The number of amides is 1. The third-order valence-corrected chi connectivity index (χ3v) is 3.65. The van der Waals surface area contributed by atoms with Gasteiger partial charge in [0.25, 0.3) is 0 Å². The lowest BCUT2D eigenvalue weighted by Gasteiger charge is -2.38. The van der Waals surface area contributed by atoms with Gasteiger partial charge in [0.15, 0.2) is 0 Å². The van der Waals surface area contributed by atoms with E-state index in [4.69, 9.17) is 14.6 Å². The summed E-state index contributed by atoms with van der Waals surface area (Å²) in [5, 5.41) is 11.7. The van der Waals surface area contributed by atoms with Gasteiger partial charge in [0, 0.05) is 0 Å². The minimum atomic E-state index is -1.06. The van der Waals surface area contributed by atoms with Crippen molar-refractivity contribution in [3.05, 3.63) is 24.3 Å². The smallest absolute Gasteiger partial charge is 0.329 e. The van der Waals surface area contributed by atoms with Crippen LogP contribution < -0.4 is 14.8 Å². The number of ether oxygens (including phenoxy) is 2. The van der Waals surface area contributed by atoms with Crippen LogP contribution in [0.5, 0.6) is 11.5 Å². The second-order valence-corrected chi connectivity index (χ2v) is 5.06. The van der Waals surface area contributed by atoms with Crippen LogP contribution in [0.4, 0.5) is 0 Å². The highest BCUT2D eigenvalue weighted by Crippen LogP contribution is 2.32. The average Bonchev–Trinajstić information content (AvgIpc) is 2.43. The Bertz CT molecular complexity index is 507. The molecule has 0 spiro atoms. The fourth-order valence-corrected chi connectivity index (χ4v) is 2.19. The van der Waals surface area contributed by atoms with Gasteiger partial charge in [0.1, 0.15) is 17.0 Å². The normalized spacial score (nSPS) is 15.7. The summed E-state index contributed by atoms with van der Waals surface area (Å²) in [6, 6.07) is 7.04. The topological polar surface area (TPSA) is 84.9 Å². The van der Waals surface area contributed by atoms with Crippen LogP contribution in [0.25, 0.3) is 0 Å². The summed E-state index contributed by atoms with van der Waals surface area (Å²) < 4.78 is 10.5. The number of aliphatic carboxylic acids is 1. The Morgan fingerprint density at radius 3 is 2.33 bits per heavy atom. The van der Waals surface area contributed by atoms with E-state index in [-0.39, 0.29) is 18.9 Å². The molecule has 1 aromatic rings. The number of methoxy groups -OCH3 is 1. The molecular formula is C15H19NO5. The first-order valence-electron chi connectivity index (χ1n) is 6.87.